The highest BCUT2D eigenvalue weighted by Crippen LogP contribution is 2.32. The number of hydrogen-bond donors (Lipinski definition) is 1. The van der Waals surface area contributed by atoms with Crippen LogP contribution >= 0.6 is 0 Å². The maximum absolute atomic E-state index is 5.96. The molecule has 3 nitrogen and oxygen atoms in total. The molecule has 0 aromatic rings. The molecule has 1 aliphatic carbocycles. The van der Waals surface area contributed by atoms with Crippen LogP contribution in [-0.4, -0.2) is 43.8 Å². The van der Waals surface area contributed by atoms with E-state index in [1.807, 2.05) is 0 Å². The van der Waals surface area contributed by atoms with E-state index in [9.17, 15) is 0 Å². The summed E-state index contributed by atoms with van der Waals surface area (Å²) in [7, 11) is 1.77. The van der Waals surface area contributed by atoms with Gasteiger partial charge in [0, 0.05) is 20.2 Å². The second kappa shape index (κ2) is 5.83. The molecule has 0 aliphatic heterocycles. The van der Waals surface area contributed by atoms with E-state index in [4.69, 9.17) is 10.5 Å². The second-order valence-electron chi connectivity index (χ2n) is 4.70. The first-order valence-electron chi connectivity index (χ1n) is 6.16. The van der Waals surface area contributed by atoms with Gasteiger partial charge in [0.15, 0.2) is 0 Å². The van der Waals surface area contributed by atoms with Crippen LogP contribution in [0.15, 0.2) is 0 Å². The number of ether oxygens (including phenoxy) is 1. The van der Waals surface area contributed by atoms with E-state index in [0.717, 1.165) is 25.5 Å². The fraction of sp³-hybridized carbons (Fsp3) is 1.00. The van der Waals surface area contributed by atoms with Crippen LogP contribution in [0.25, 0.3) is 0 Å². The minimum atomic E-state index is 0.0616. The number of methoxy groups -OCH3 is 1. The van der Waals surface area contributed by atoms with Crippen LogP contribution in [0.3, 0.4) is 0 Å². The smallest absolute Gasteiger partial charge is 0.0658 e. The van der Waals surface area contributed by atoms with Gasteiger partial charge in [-0.3, -0.25) is 4.90 Å². The Kier molecular flexibility index (Phi) is 5.03. The molecule has 2 N–H and O–H groups in total. The highest BCUT2D eigenvalue weighted by Gasteiger charge is 2.36. The van der Waals surface area contributed by atoms with Gasteiger partial charge in [-0.25, -0.2) is 0 Å². The van der Waals surface area contributed by atoms with Gasteiger partial charge in [0.25, 0.3) is 0 Å². The summed E-state index contributed by atoms with van der Waals surface area (Å²) in [6.45, 7) is 8.15. The molecule has 0 amide bonds. The van der Waals surface area contributed by atoms with Crippen LogP contribution in [0, 0.1) is 5.92 Å². The van der Waals surface area contributed by atoms with Gasteiger partial charge in [-0.05, 0) is 31.7 Å². The van der Waals surface area contributed by atoms with Gasteiger partial charge in [-0.1, -0.05) is 13.8 Å². The van der Waals surface area contributed by atoms with Crippen molar-refractivity contribution >= 4 is 0 Å². The SMILES string of the molecule is CCN(CC1CC1)C(CC)(CN)COC. The molecule has 90 valence electrons. The number of nitrogens with zero attached hydrogens (tertiary/aromatic N) is 1. The first kappa shape index (κ1) is 12.9. The molecule has 1 fully saturated rings. The van der Waals surface area contributed by atoms with Gasteiger partial charge in [-0.2, -0.15) is 0 Å². The largest absolute Gasteiger partial charge is 0.383 e. The zero-order chi connectivity index (χ0) is 11.3. The molecule has 0 bridgehead atoms. The van der Waals surface area contributed by atoms with Crippen molar-refractivity contribution in [2.75, 3.05) is 33.4 Å². The summed E-state index contributed by atoms with van der Waals surface area (Å²) in [5.74, 6) is 0.916. The van der Waals surface area contributed by atoms with Gasteiger partial charge in [0.2, 0.25) is 0 Å². The van der Waals surface area contributed by atoms with Gasteiger partial charge in [-0.15, -0.1) is 0 Å². The van der Waals surface area contributed by atoms with Crippen molar-refractivity contribution in [2.45, 2.75) is 38.6 Å². The molecule has 0 heterocycles. The molecule has 0 saturated heterocycles. The lowest BCUT2D eigenvalue weighted by atomic mass is 9.94. The number of likely N-dealkylation sites (N-methyl/N-ethyl adjacent to an activating group) is 1. The molecular weight excluding hydrogens is 188 g/mol. The summed E-state index contributed by atoms with van der Waals surface area (Å²) >= 11 is 0. The number of rotatable bonds is 8. The first-order valence-corrected chi connectivity index (χ1v) is 6.16. The van der Waals surface area contributed by atoms with Gasteiger partial charge in [0.05, 0.1) is 12.1 Å². The van der Waals surface area contributed by atoms with E-state index in [-0.39, 0.29) is 5.54 Å². The number of hydrogen-bond acceptors (Lipinski definition) is 3. The van der Waals surface area contributed by atoms with E-state index in [1.165, 1.54) is 19.4 Å². The Labute approximate surface area is 94.0 Å². The Morgan fingerprint density at radius 2 is 2.07 bits per heavy atom. The standard InChI is InChI=1S/C12H26N2O/c1-4-12(9-13,10-15-3)14(5-2)8-11-6-7-11/h11H,4-10,13H2,1-3H3. The minimum absolute atomic E-state index is 0.0616. The molecule has 15 heavy (non-hydrogen) atoms. The summed E-state index contributed by atoms with van der Waals surface area (Å²) in [6, 6.07) is 0. The molecule has 0 spiro atoms. The van der Waals surface area contributed by atoms with E-state index in [0.29, 0.717) is 6.54 Å². The lowest BCUT2D eigenvalue weighted by Crippen LogP contribution is -2.57. The Morgan fingerprint density at radius 3 is 2.40 bits per heavy atom. The number of nitrogens with two attached hydrogens (primary N) is 1. The van der Waals surface area contributed by atoms with Crippen LogP contribution < -0.4 is 5.73 Å². The molecule has 0 radical (unpaired) electrons. The monoisotopic (exact) mass is 214 g/mol. The highest BCUT2D eigenvalue weighted by atomic mass is 16.5. The summed E-state index contributed by atoms with van der Waals surface area (Å²) in [4.78, 5) is 2.52. The fourth-order valence-electron chi connectivity index (χ4n) is 2.29. The molecule has 1 rings (SSSR count). The predicted molar refractivity (Wildman–Crippen MR) is 63.9 cm³/mol. The van der Waals surface area contributed by atoms with Gasteiger partial charge >= 0.3 is 0 Å². The maximum atomic E-state index is 5.96. The van der Waals surface area contributed by atoms with E-state index in [1.54, 1.807) is 7.11 Å². The maximum Gasteiger partial charge on any atom is 0.0658 e. The zero-order valence-corrected chi connectivity index (χ0v) is 10.5. The van der Waals surface area contributed by atoms with Crippen LogP contribution in [0.5, 0.6) is 0 Å². The van der Waals surface area contributed by atoms with E-state index in [2.05, 4.69) is 18.7 Å². The van der Waals surface area contributed by atoms with Crippen LogP contribution in [-0.2, 0) is 4.74 Å². The highest BCUT2D eigenvalue weighted by molar-refractivity contribution is 4.92. The average molecular weight is 214 g/mol. The van der Waals surface area contributed by atoms with Crippen molar-refractivity contribution in [2.24, 2.45) is 11.7 Å². The van der Waals surface area contributed by atoms with Crippen LogP contribution in [0.2, 0.25) is 0 Å². The lowest BCUT2D eigenvalue weighted by molar-refractivity contribution is 0.0120. The first-order chi connectivity index (χ1) is 7.22. The summed E-state index contributed by atoms with van der Waals surface area (Å²) in [5, 5.41) is 0. The Bertz CT molecular complexity index is 176. The quantitative estimate of drug-likeness (QED) is 0.665. The van der Waals surface area contributed by atoms with Crippen molar-refractivity contribution in [1.29, 1.82) is 0 Å². The van der Waals surface area contributed by atoms with E-state index < -0.39 is 0 Å². The van der Waals surface area contributed by atoms with Crippen LogP contribution in [0.1, 0.15) is 33.1 Å². The van der Waals surface area contributed by atoms with Gasteiger partial charge < -0.3 is 10.5 Å². The van der Waals surface area contributed by atoms with Crippen molar-refractivity contribution in [3.05, 3.63) is 0 Å². The average Bonchev–Trinajstić information content (AvgIpc) is 3.07. The van der Waals surface area contributed by atoms with Crippen LogP contribution in [0.4, 0.5) is 0 Å². The summed E-state index contributed by atoms with van der Waals surface area (Å²) < 4.78 is 5.35. The normalized spacial score (nSPS) is 20.6. The summed E-state index contributed by atoms with van der Waals surface area (Å²) in [5.41, 5.74) is 6.02. The Morgan fingerprint density at radius 1 is 1.40 bits per heavy atom. The molecule has 0 aromatic heterocycles. The predicted octanol–water partition coefficient (Wildman–Crippen LogP) is 1.47. The van der Waals surface area contributed by atoms with Crippen molar-refractivity contribution in [1.82, 2.24) is 4.90 Å². The van der Waals surface area contributed by atoms with Crippen molar-refractivity contribution in [3.63, 3.8) is 0 Å². The second-order valence-corrected chi connectivity index (χ2v) is 4.70. The molecule has 3 heteroatoms. The molecule has 1 saturated carbocycles. The van der Waals surface area contributed by atoms with Crippen molar-refractivity contribution < 1.29 is 4.74 Å². The molecule has 1 aliphatic rings. The van der Waals surface area contributed by atoms with Crippen molar-refractivity contribution in [3.8, 4) is 0 Å². The lowest BCUT2D eigenvalue weighted by Gasteiger charge is -2.42. The minimum Gasteiger partial charge on any atom is -0.383 e. The molecule has 0 aromatic carbocycles. The molecule has 1 unspecified atom stereocenters. The molecule has 1 atom stereocenters. The van der Waals surface area contributed by atoms with E-state index >= 15 is 0 Å². The fourth-order valence-corrected chi connectivity index (χ4v) is 2.29. The topological polar surface area (TPSA) is 38.5 Å². The Balaban J connectivity index is 2.62. The summed E-state index contributed by atoms with van der Waals surface area (Å²) in [6.07, 6.45) is 3.86. The third-order valence-corrected chi connectivity index (χ3v) is 3.68. The van der Waals surface area contributed by atoms with Gasteiger partial charge in [0.1, 0.15) is 0 Å². The third kappa shape index (κ3) is 3.16. The molecular formula is C12H26N2O. The Hall–Kier alpha value is -0.120. The zero-order valence-electron chi connectivity index (χ0n) is 10.5. The third-order valence-electron chi connectivity index (χ3n) is 3.68.